The summed E-state index contributed by atoms with van der Waals surface area (Å²) in [6.07, 6.45) is -6.79. The molecule has 6 rings (SSSR count). The van der Waals surface area contributed by atoms with Crippen molar-refractivity contribution in [2.45, 2.75) is 83.2 Å². The maximum Gasteiger partial charge on any atom is 0.416 e. The monoisotopic (exact) mass is 780 g/mol. The van der Waals surface area contributed by atoms with Crippen molar-refractivity contribution in [3.8, 4) is 11.5 Å². The van der Waals surface area contributed by atoms with Crippen LogP contribution in [0.2, 0.25) is 5.02 Å². The quantitative estimate of drug-likeness (QED) is 0.147. The van der Waals surface area contributed by atoms with Crippen LogP contribution in [-0.2, 0) is 6.18 Å². The zero-order valence-electron chi connectivity index (χ0n) is 30.7. The number of ether oxygens (including phenoxy) is 2. The van der Waals surface area contributed by atoms with Gasteiger partial charge in [0.2, 0.25) is 0 Å². The van der Waals surface area contributed by atoms with Gasteiger partial charge in [0, 0.05) is 38.4 Å². The van der Waals surface area contributed by atoms with Crippen LogP contribution < -0.4 is 20.1 Å². The van der Waals surface area contributed by atoms with Crippen LogP contribution in [0.15, 0.2) is 84.9 Å². The van der Waals surface area contributed by atoms with Gasteiger partial charge in [-0.3, -0.25) is 19.2 Å². The first-order valence-corrected chi connectivity index (χ1v) is 17.6. The Morgan fingerprint density at radius 1 is 0.636 bits per heavy atom. The fourth-order valence-corrected chi connectivity index (χ4v) is 6.46. The summed E-state index contributed by atoms with van der Waals surface area (Å²) in [5.74, 6) is -0.561. The lowest BCUT2D eigenvalue weighted by Crippen LogP contribution is -2.53. The fraction of sp³-hybridized carbons (Fsp3) is 0.317. The number of Topliss-reactive ketones (excluding diaryl/α,β-unsaturated/α-hetero) is 2. The number of benzene rings is 4. The standard InChI is InChI=1S/C21H20F3NO4.C20H20ClNO4/c1-11(26)12-7-8-16-15(10-12)17(18(27)20(2,3)29-16)25-19(28)13-5-4-6-14(9-13)21(22,23)24;1-11(23)12-7-8-16-15(10-12)17(18(24)20(2,3)26-16)22-19(25)13-5-4-6-14(21)9-13/h4-10,17-18,27H,1-3H3,(H,25,28);4-10,17-18,24H,1-3H3,(H,22,25)/t2*17-,18+/m11/s1. The Balaban J connectivity index is 0.000000212. The highest BCUT2D eigenvalue weighted by molar-refractivity contribution is 6.31. The summed E-state index contributed by atoms with van der Waals surface area (Å²) in [6, 6.07) is 18.6. The second-order valence-electron chi connectivity index (χ2n) is 14.4. The van der Waals surface area contributed by atoms with Gasteiger partial charge >= 0.3 is 6.18 Å². The van der Waals surface area contributed by atoms with Crippen LogP contribution >= 0.6 is 11.6 Å². The van der Waals surface area contributed by atoms with Gasteiger partial charge in [0.15, 0.2) is 11.6 Å². The van der Waals surface area contributed by atoms with Crippen LogP contribution in [-0.4, -0.2) is 57.0 Å². The lowest BCUT2D eigenvalue weighted by Gasteiger charge is -2.42. The van der Waals surface area contributed by atoms with Crippen LogP contribution in [0, 0.1) is 0 Å². The lowest BCUT2D eigenvalue weighted by atomic mass is 9.85. The number of halogens is 4. The first-order chi connectivity index (χ1) is 25.6. The SMILES string of the molecule is CC(=O)c1ccc2c(c1)[C@@H](NC(=O)c1cccc(C(F)(F)F)c1)[C@H](O)C(C)(C)O2.CC(=O)c1ccc2c(c1)[C@@H](NC(=O)c1cccc(Cl)c1)[C@H](O)C(C)(C)O2. The van der Waals surface area contributed by atoms with E-state index in [4.69, 9.17) is 21.1 Å². The van der Waals surface area contributed by atoms with Crippen LogP contribution in [0.5, 0.6) is 11.5 Å². The highest BCUT2D eigenvalue weighted by atomic mass is 35.5. The van der Waals surface area contributed by atoms with Gasteiger partial charge in [-0.1, -0.05) is 23.7 Å². The number of aliphatic hydroxyl groups excluding tert-OH is 2. The van der Waals surface area contributed by atoms with Gasteiger partial charge in [-0.25, -0.2) is 0 Å². The van der Waals surface area contributed by atoms with Gasteiger partial charge < -0.3 is 30.3 Å². The largest absolute Gasteiger partial charge is 0.485 e. The van der Waals surface area contributed by atoms with Crippen molar-refractivity contribution in [3.05, 3.63) is 129 Å². The summed E-state index contributed by atoms with van der Waals surface area (Å²) in [5, 5.41) is 27.4. The van der Waals surface area contributed by atoms with E-state index in [0.29, 0.717) is 44.3 Å². The van der Waals surface area contributed by atoms with E-state index >= 15 is 0 Å². The van der Waals surface area contributed by atoms with E-state index in [1.165, 1.54) is 26.0 Å². The molecule has 2 aliphatic heterocycles. The van der Waals surface area contributed by atoms with Gasteiger partial charge in [-0.05, 0) is 114 Å². The number of alkyl halides is 3. The fourth-order valence-electron chi connectivity index (χ4n) is 6.27. The van der Waals surface area contributed by atoms with E-state index in [1.54, 1.807) is 82.3 Å². The molecule has 2 amide bonds. The van der Waals surface area contributed by atoms with Gasteiger partial charge in [-0.2, -0.15) is 13.2 Å². The molecular formula is C41H40ClF3N2O8. The molecule has 0 bridgehead atoms. The second-order valence-corrected chi connectivity index (χ2v) is 14.8. The molecule has 0 fully saturated rings. The molecule has 0 saturated carbocycles. The molecule has 0 radical (unpaired) electrons. The number of ketones is 2. The number of fused-ring (bicyclic) bond motifs is 2. The van der Waals surface area contributed by atoms with E-state index in [0.717, 1.165) is 18.2 Å². The molecule has 0 spiro atoms. The number of nitrogens with one attached hydrogen (secondary N) is 2. The van der Waals surface area contributed by atoms with Crippen LogP contribution in [0.25, 0.3) is 0 Å². The van der Waals surface area contributed by atoms with Crippen molar-refractivity contribution >= 4 is 35.0 Å². The normalized spacial score (nSPS) is 20.5. The number of amides is 2. The molecule has 290 valence electrons. The molecule has 0 unspecified atom stereocenters. The van der Waals surface area contributed by atoms with E-state index < -0.39 is 53.1 Å². The number of hydrogen-bond donors (Lipinski definition) is 4. The van der Waals surface area contributed by atoms with E-state index in [2.05, 4.69) is 10.6 Å². The minimum Gasteiger partial charge on any atom is -0.485 e. The van der Waals surface area contributed by atoms with E-state index in [-0.39, 0.29) is 23.0 Å². The number of rotatable bonds is 6. The number of carbonyl (C=O) groups excluding carboxylic acids is 4. The third-order valence-corrected chi connectivity index (χ3v) is 9.65. The average Bonchev–Trinajstić information content (AvgIpc) is 3.11. The number of hydrogen-bond acceptors (Lipinski definition) is 8. The first-order valence-electron chi connectivity index (χ1n) is 17.2. The van der Waals surface area contributed by atoms with Crippen molar-refractivity contribution in [3.63, 3.8) is 0 Å². The van der Waals surface area contributed by atoms with Crippen molar-refractivity contribution < 1.29 is 52.0 Å². The summed E-state index contributed by atoms with van der Waals surface area (Å²) < 4.78 is 50.5. The smallest absolute Gasteiger partial charge is 0.416 e. The van der Waals surface area contributed by atoms with Crippen molar-refractivity contribution in [1.29, 1.82) is 0 Å². The Morgan fingerprint density at radius 2 is 1.05 bits per heavy atom. The predicted octanol–water partition coefficient (Wildman–Crippen LogP) is 7.46. The van der Waals surface area contributed by atoms with Crippen molar-refractivity contribution in [2.75, 3.05) is 0 Å². The maximum absolute atomic E-state index is 13.0. The Hall–Kier alpha value is -5.24. The predicted molar refractivity (Wildman–Crippen MR) is 198 cm³/mol. The van der Waals surface area contributed by atoms with Gasteiger partial charge in [0.1, 0.15) is 34.9 Å². The molecular weight excluding hydrogens is 741 g/mol. The molecule has 55 heavy (non-hydrogen) atoms. The Morgan fingerprint density at radius 3 is 1.45 bits per heavy atom. The summed E-state index contributed by atoms with van der Waals surface area (Å²) in [6.45, 7) is 9.59. The van der Waals surface area contributed by atoms with E-state index in [1.807, 2.05) is 0 Å². The summed E-state index contributed by atoms with van der Waals surface area (Å²) in [5.41, 5.74) is -0.937. The third kappa shape index (κ3) is 9.01. The molecule has 0 aromatic heterocycles. The van der Waals surface area contributed by atoms with Gasteiger partial charge in [0.05, 0.1) is 17.6 Å². The highest BCUT2D eigenvalue weighted by Gasteiger charge is 2.45. The Kier molecular flexibility index (Phi) is 11.5. The average molecular weight is 781 g/mol. The van der Waals surface area contributed by atoms with Gasteiger partial charge in [0.25, 0.3) is 11.8 Å². The number of carbonyl (C=O) groups is 4. The minimum absolute atomic E-state index is 0.105. The first kappa shape index (κ1) is 40.9. The van der Waals surface area contributed by atoms with Crippen molar-refractivity contribution in [1.82, 2.24) is 10.6 Å². The Bertz CT molecular complexity index is 2150. The van der Waals surface area contributed by atoms with Gasteiger partial charge in [-0.15, -0.1) is 0 Å². The topological polar surface area (TPSA) is 151 Å². The molecule has 0 aliphatic carbocycles. The minimum atomic E-state index is -4.58. The lowest BCUT2D eigenvalue weighted by molar-refractivity contribution is -0.137. The Labute approximate surface area is 320 Å². The molecule has 4 atom stereocenters. The van der Waals surface area contributed by atoms with Crippen LogP contribution in [0.4, 0.5) is 13.2 Å². The number of aliphatic hydroxyl groups is 2. The molecule has 2 aliphatic rings. The maximum atomic E-state index is 13.0. The van der Waals surface area contributed by atoms with Crippen LogP contribution in [0.3, 0.4) is 0 Å². The molecule has 10 nitrogen and oxygen atoms in total. The summed E-state index contributed by atoms with van der Waals surface area (Å²) in [7, 11) is 0. The van der Waals surface area contributed by atoms with Crippen LogP contribution in [0.1, 0.15) is 112 Å². The van der Waals surface area contributed by atoms with E-state index in [9.17, 15) is 42.6 Å². The zero-order valence-corrected chi connectivity index (χ0v) is 31.5. The molecule has 4 aromatic rings. The zero-order chi connectivity index (χ0) is 40.6. The van der Waals surface area contributed by atoms with Crippen molar-refractivity contribution in [2.24, 2.45) is 0 Å². The molecule has 2 heterocycles. The third-order valence-electron chi connectivity index (χ3n) is 9.42. The molecule has 0 saturated heterocycles. The summed E-state index contributed by atoms with van der Waals surface area (Å²) in [4.78, 5) is 48.8. The molecule has 14 heteroatoms. The molecule has 4 aromatic carbocycles. The summed E-state index contributed by atoms with van der Waals surface area (Å²) >= 11 is 5.96. The molecule has 4 N–H and O–H groups in total. The second kappa shape index (κ2) is 15.5. The highest BCUT2D eigenvalue weighted by Crippen LogP contribution is 2.42.